The minimum absolute atomic E-state index is 0.736. The second-order valence-corrected chi connectivity index (χ2v) is 6.30. The first kappa shape index (κ1) is 12.6. The highest BCUT2D eigenvalue weighted by Crippen LogP contribution is 2.30. The smallest absolute Gasteiger partial charge is 0.0897 e. The second kappa shape index (κ2) is 5.31. The van der Waals surface area contributed by atoms with Crippen molar-refractivity contribution in [2.75, 3.05) is 5.73 Å². The number of aromatic nitrogens is 1. The van der Waals surface area contributed by atoms with Crippen LogP contribution in [-0.2, 0) is 13.1 Å². The van der Waals surface area contributed by atoms with Crippen LogP contribution in [0.2, 0.25) is 0 Å². The number of nitrogen functional groups attached to an aromatic ring is 1. The first-order valence-corrected chi connectivity index (χ1v) is 7.58. The van der Waals surface area contributed by atoms with Crippen molar-refractivity contribution in [1.29, 1.82) is 0 Å². The Morgan fingerprint density at radius 2 is 2.00 bits per heavy atom. The standard InChI is InChI=1S/C15H19N3S/c1-11-17-14(10-19-11)9-18(15-6-7-15)8-12-2-4-13(16)5-3-12/h2-5,10,15H,6-9,16H2,1H3. The molecule has 0 unspecified atom stereocenters. The monoisotopic (exact) mass is 273 g/mol. The van der Waals surface area contributed by atoms with Gasteiger partial charge < -0.3 is 5.73 Å². The van der Waals surface area contributed by atoms with Crippen LogP contribution in [0.5, 0.6) is 0 Å². The summed E-state index contributed by atoms with van der Waals surface area (Å²) < 4.78 is 0. The molecule has 0 aliphatic heterocycles. The molecule has 0 amide bonds. The number of benzene rings is 1. The molecule has 0 bridgehead atoms. The Balaban J connectivity index is 1.69. The molecule has 1 aliphatic rings. The molecule has 3 nitrogen and oxygen atoms in total. The van der Waals surface area contributed by atoms with Gasteiger partial charge in [0.25, 0.3) is 0 Å². The molecule has 1 heterocycles. The number of rotatable bonds is 5. The van der Waals surface area contributed by atoms with Gasteiger partial charge in [-0.15, -0.1) is 11.3 Å². The van der Waals surface area contributed by atoms with Crippen LogP contribution in [0.25, 0.3) is 0 Å². The van der Waals surface area contributed by atoms with Crippen LogP contribution in [0.15, 0.2) is 29.6 Å². The second-order valence-electron chi connectivity index (χ2n) is 5.24. The number of hydrogen-bond acceptors (Lipinski definition) is 4. The van der Waals surface area contributed by atoms with Gasteiger partial charge in [0.05, 0.1) is 10.7 Å². The molecule has 1 aliphatic carbocycles. The van der Waals surface area contributed by atoms with E-state index in [1.807, 2.05) is 12.1 Å². The molecule has 0 atom stereocenters. The third-order valence-electron chi connectivity index (χ3n) is 3.46. The minimum atomic E-state index is 0.736. The summed E-state index contributed by atoms with van der Waals surface area (Å²) in [5.41, 5.74) is 9.09. The van der Waals surface area contributed by atoms with Gasteiger partial charge in [-0.3, -0.25) is 4.90 Å². The van der Waals surface area contributed by atoms with Crippen LogP contribution < -0.4 is 5.73 Å². The zero-order valence-electron chi connectivity index (χ0n) is 11.2. The lowest BCUT2D eigenvalue weighted by Gasteiger charge is -2.21. The van der Waals surface area contributed by atoms with Crippen LogP contribution in [0.3, 0.4) is 0 Å². The molecule has 1 aromatic heterocycles. The molecule has 4 heteroatoms. The zero-order chi connectivity index (χ0) is 13.2. The maximum Gasteiger partial charge on any atom is 0.0897 e. The van der Waals surface area contributed by atoms with Gasteiger partial charge in [-0.2, -0.15) is 0 Å². The predicted octanol–water partition coefficient (Wildman–Crippen LogP) is 3.20. The van der Waals surface area contributed by atoms with Gasteiger partial charge in [0.1, 0.15) is 0 Å². The fourth-order valence-electron chi connectivity index (χ4n) is 2.30. The molecule has 19 heavy (non-hydrogen) atoms. The number of nitrogens with zero attached hydrogens (tertiary/aromatic N) is 2. The van der Waals surface area contributed by atoms with E-state index in [4.69, 9.17) is 5.73 Å². The molecule has 1 fully saturated rings. The largest absolute Gasteiger partial charge is 0.399 e. The Kier molecular flexibility index (Phi) is 3.53. The van der Waals surface area contributed by atoms with Gasteiger partial charge in [0.2, 0.25) is 0 Å². The van der Waals surface area contributed by atoms with E-state index < -0.39 is 0 Å². The van der Waals surface area contributed by atoms with Crippen LogP contribution in [0, 0.1) is 6.92 Å². The summed E-state index contributed by atoms with van der Waals surface area (Å²) in [5.74, 6) is 0. The van der Waals surface area contributed by atoms with Gasteiger partial charge in [-0.05, 0) is 37.5 Å². The molecule has 0 saturated heterocycles. The summed E-state index contributed by atoms with van der Waals surface area (Å²) in [7, 11) is 0. The molecule has 1 saturated carbocycles. The summed E-state index contributed by atoms with van der Waals surface area (Å²) in [4.78, 5) is 7.10. The van der Waals surface area contributed by atoms with E-state index in [1.54, 1.807) is 11.3 Å². The number of aryl methyl sites for hydroxylation is 1. The third kappa shape index (κ3) is 3.33. The normalized spacial score (nSPS) is 15.1. The number of hydrogen-bond donors (Lipinski definition) is 1. The van der Waals surface area contributed by atoms with Crippen molar-refractivity contribution in [2.45, 2.75) is 38.9 Å². The number of anilines is 1. The molecule has 1 aromatic carbocycles. The van der Waals surface area contributed by atoms with Crippen LogP contribution in [0.4, 0.5) is 5.69 Å². The third-order valence-corrected chi connectivity index (χ3v) is 4.28. The lowest BCUT2D eigenvalue weighted by molar-refractivity contribution is 0.243. The van der Waals surface area contributed by atoms with E-state index in [2.05, 4.69) is 34.3 Å². The molecule has 0 radical (unpaired) electrons. The zero-order valence-corrected chi connectivity index (χ0v) is 12.0. The SMILES string of the molecule is Cc1nc(CN(Cc2ccc(N)cc2)C2CC2)cs1. The molecule has 100 valence electrons. The maximum absolute atomic E-state index is 5.73. The fourth-order valence-corrected chi connectivity index (χ4v) is 2.90. The van der Waals surface area contributed by atoms with Gasteiger partial charge in [-0.25, -0.2) is 4.98 Å². The topological polar surface area (TPSA) is 42.2 Å². The predicted molar refractivity (Wildman–Crippen MR) is 80.0 cm³/mol. The summed E-state index contributed by atoms with van der Waals surface area (Å²) in [6.07, 6.45) is 2.64. The Labute approximate surface area is 118 Å². The highest BCUT2D eigenvalue weighted by atomic mass is 32.1. The number of thiazole rings is 1. The Morgan fingerprint density at radius 3 is 2.58 bits per heavy atom. The summed E-state index contributed by atoms with van der Waals surface area (Å²) in [5, 5.41) is 3.33. The molecular formula is C15H19N3S. The van der Waals surface area contributed by atoms with Crippen molar-refractivity contribution in [1.82, 2.24) is 9.88 Å². The first-order chi connectivity index (χ1) is 9.20. The first-order valence-electron chi connectivity index (χ1n) is 6.70. The van der Waals surface area contributed by atoms with Crippen LogP contribution in [0.1, 0.15) is 29.1 Å². The van der Waals surface area contributed by atoms with Crippen molar-refractivity contribution >= 4 is 17.0 Å². The van der Waals surface area contributed by atoms with E-state index >= 15 is 0 Å². The average Bonchev–Trinajstić information content (AvgIpc) is 3.16. The molecule has 2 N–H and O–H groups in total. The highest BCUT2D eigenvalue weighted by Gasteiger charge is 2.29. The molecule has 2 aromatic rings. The van der Waals surface area contributed by atoms with Gasteiger partial charge in [0, 0.05) is 30.2 Å². The van der Waals surface area contributed by atoms with Gasteiger partial charge in [-0.1, -0.05) is 12.1 Å². The van der Waals surface area contributed by atoms with Gasteiger partial charge >= 0.3 is 0 Å². The maximum atomic E-state index is 5.73. The Bertz CT molecular complexity index is 543. The summed E-state index contributed by atoms with van der Waals surface area (Å²) in [6.45, 7) is 4.01. The number of nitrogens with two attached hydrogens (primary N) is 1. The highest BCUT2D eigenvalue weighted by molar-refractivity contribution is 7.09. The lowest BCUT2D eigenvalue weighted by atomic mass is 10.2. The summed E-state index contributed by atoms with van der Waals surface area (Å²) >= 11 is 1.73. The van der Waals surface area contributed by atoms with Gasteiger partial charge in [0.15, 0.2) is 0 Å². The van der Waals surface area contributed by atoms with E-state index in [0.29, 0.717) is 0 Å². The van der Waals surface area contributed by atoms with Crippen LogP contribution >= 0.6 is 11.3 Å². The summed E-state index contributed by atoms with van der Waals surface area (Å²) in [6, 6.07) is 8.94. The average molecular weight is 273 g/mol. The van der Waals surface area contributed by atoms with Crippen LogP contribution in [-0.4, -0.2) is 15.9 Å². The van der Waals surface area contributed by atoms with Crippen molar-refractivity contribution in [2.24, 2.45) is 0 Å². The van der Waals surface area contributed by atoms with Crippen molar-refractivity contribution in [3.63, 3.8) is 0 Å². The van der Waals surface area contributed by atoms with Crippen molar-refractivity contribution in [3.05, 3.63) is 45.9 Å². The molecule has 0 spiro atoms. The van der Waals surface area contributed by atoms with E-state index in [1.165, 1.54) is 24.1 Å². The van der Waals surface area contributed by atoms with Crippen molar-refractivity contribution in [3.8, 4) is 0 Å². The van der Waals surface area contributed by atoms with E-state index in [-0.39, 0.29) is 0 Å². The lowest BCUT2D eigenvalue weighted by Crippen LogP contribution is -2.25. The van der Waals surface area contributed by atoms with E-state index in [0.717, 1.165) is 29.8 Å². The van der Waals surface area contributed by atoms with Crippen molar-refractivity contribution < 1.29 is 0 Å². The minimum Gasteiger partial charge on any atom is -0.399 e. The molecular weight excluding hydrogens is 254 g/mol. The fraction of sp³-hybridized carbons (Fsp3) is 0.400. The quantitative estimate of drug-likeness (QED) is 0.851. The Morgan fingerprint density at radius 1 is 1.26 bits per heavy atom. The Hall–Kier alpha value is -1.39. The van der Waals surface area contributed by atoms with E-state index in [9.17, 15) is 0 Å². The molecule has 3 rings (SSSR count).